The summed E-state index contributed by atoms with van der Waals surface area (Å²) in [6.07, 6.45) is 3.38. The third-order valence-electron chi connectivity index (χ3n) is 3.10. The highest BCUT2D eigenvalue weighted by Gasteiger charge is 2.24. The van der Waals surface area contributed by atoms with Crippen LogP contribution in [0.2, 0.25) is 0 Å². The first-order chi connectivity index (χ1) is 7.79. The van der Waals surface area contributed by atoms with E-state index in [9.17, 15) is 0 Å². The molecule has 0 saturated heterocycles. The highest BCUT2D eigenvalue weighted by molar-refractivity contribution is 9.15. The second-order valence-corrected chi connectivity index (χ2v) is 5.00. The molecule has 0 bridgehead atoms. The lowest BCUT2D eigenvalue weighted by Gasteiger charge is -2.02. The molecule has 1 aliphatic carbocycles. The second-order valence-electron chi connectivity index (χ2n) is 4.21. The van der Waals surface area contributed by atoms with Crippen LogP contribution in [0.25, 0.3) is 4.48 Å². The lowest BCUT2D eigenvalue weighted by atomic mass is 10.1. The van der Waals surface area contributed by atoms with Crippen molar-refractivity contribution in [2.75, 3.05) is 6.79 Å². The third kappa shape index (κ3) is 1.46. The Kier molecular flexibility index (Phi) is 2.43. The van der Waals surface area contributed by atoms with Gasteiger partial charge in [0.25, 0.3) is 0 Å². The van der Waals surface area contributed by atoms with Crippen molar-refractivity contribution in [3.8, 4) is 11.5 Å². The van der Waals surface area contributed by atoms with E-state index in [4.69, 9.17) is 9.47 Å². The molecule has 0 saturated carbocycles. The summed E-state index contributed by atoms with van der Waals surface area (Å²) in [5, 5.41) is 0. The van der Waals surface area contributed by atoms with Gasteiger partial charge in [-0.2, -0.15) is 0 Å². The minimum Gasteiger partial charge on any atom is -0.454 e. The molecule has 0 spiro atoms. The number of rotatable bonds is 2. The topological polar surface area (TPSA) is 18.5 Å². The van der Waals surface area contributed by atoms with Crippen molar-refractivity contribution < 1.29 is 9.47 Å². The van der Waals surface area contributed by atoms with E-state index in [-0.39, 0.29) is 0 Å². The molecule has 2 aliphatic rings. The summed E-state index contributed by atoms with van der Waals surface area (Å²) < 4.78 is 12.1. The smallest absolute Gasteiger partial charge is 0.231 e. The first-order valence-electron chi connectivity index (χ1n) is 5.60. The molecule has 0 aromatic heterocycles. The summed E-state index contributed by atoms with van der Waals surface area (Å²) in [5.41, 5.74) is 4.11. The molecule has 1 aliphatic heterocycles. The Balaban J connectivity index is 2.03. The largest absolute Gasteiger partial charge is 0.454 e. The number of benzene rings is 1. The molecule has 84 valence electrons. The van der Waals surface area contributed by atoms with Crippen LogP contribution in [0.5, 0.6) is 11.5 Å². The molecule has 1 aromatic rings. The van der Waals surface area contributed by atoms with Gasteiger partial charge in [-0.3, -0.25) is 0 Å². The molecule has 0 unspecified atom stereocenters. The van der Waals surface area contributed by atoms with E-state index < -0.39 is 0 Å². The van der Waals surface area contributed by atoms with E-state index in [1.807, 2.05) is 0 Å². The van der Waals surface area contributed by atoms with Crippen molar-refractivity contribution in [3.05, 3.63) is 28.8 Å². The van der Waals surface area contributed by atoms with Gasteiger partial charge in [-0.05, 0) is 36.1 Å². The normalized spacial score (nSPS) is 16.9. The molecular weight excluding hydrogens is 268 g/mol. The molecule has 1 heterocycles. The van der Waals surface area contributed by atoms with Gasteiger partial charge in [0.2, 0.25) is 6.79 Å². The van der Waals surface area contributed by atoms with E-state index in [1.54, 1.807) is 0 Å². The van der Waals surface area contributed by atoms with Crippen LogP contribution in [0.3, 0.4) is 0 Å². The lowest BCUT2D eigenvalue weighted by molar-refractivity contribution is 0.174. The molecule has 2 nitrogen and oxygen atoms in total. The van der Waals surface area contributed by atoms with Gasteiger partial charge >= 0.3 is 0 Å². The van der Waals surface area contributed by atoms with Crippen LogP contribution in [-0.4, -0.2) is 6.79 Å². The van der Waals surface area contributed by atoms with Crippen molar-refractivity contribution in [3.63, 3.8) is 0 Å². The van der Waals surface area contributed by atoms with Gasteiger partial charge < -0.3 is 9.47 Å². The summed E-state index contributed by atoms with van der Waals surface area (Å²) in [4.78, 5) is 0. The zero-order valence-electron chi connectivity index (χ0n) is 9.18. The fraction of sp³-hybridized carbons (Fsp3) is 0.385. The average molecular weight is 281 g/mol. The molecular formula is C13H13BrO2. The standard InChI is InChI=1S/C13H13BrO2/c1-2-3-8-4-9-5-11-12(16-7-15-11)6-10(9)13(8)14/h5-6H,2-4,7H2,1H3. The quantitative estimate of drug-likeness (QED) is 0.819. The Labute approximate surface area is 103 Å². The van der Waals surface area contributed by atoms with Crippen molar-refractivity contribution in [1.82, 2.24) is 0 Å². The number of hydrogen-bond donors (Lipinski definition) is 0. The minimum absolute atomic E-state index is 0.349. The van der Waals surface area contributed by atoms with Gasteiger partial charge in [-0.25, -0.2) is 0 Å². The Morgan fingerprint density at radius 3 is 2.75 bits per heavy atom. The van der Waals surface area contributed by atoms with Gasteiger partial charge in [-0.15, -0.1) is 0 Å². The maximum absolute atomic E-state index is 5.40. The fourth-order valence-electron chi connectivity index (χ4n) is 2.33. The lowest BCUT2D eigenvalue weighted by Crippen LogP contribution is -1.93. The fourth-order valence-corrected chi connectivity index (χ4v) is 3.04. The number of hydrogen-bond acceptors (Lipinski definition) is 2. The van der Waals surface area contributed by atoms with Crippen LogP contribution < -0.4 is 9.47 Å². The molecule has 1 aromatic carbocycles. The van der Waals surface area contributed by atoms with E-state index >= 15 is 0 Å². The van der Waals surface area contributed by atoms with Crippen LogP contribution in [0.1, 0.15) is 30.9 Å². The Morgan fingerprint density at radius 2 is 2.00 bits per heavy atom. The van der Waals surface area contributed by atoms with Gasteiger partial charge in [0.15, 0.2) is 11.5 Å². The van der Waals surface area contributed by atoms with Crippen molar-refractivity contribution >= 4 is 20.4 Å². The zero-order chi connectivity index (χ0) is 11.1. The molecule has 3 rings (SSSR count). The van der Waals surface area contributed by atoms with Crippen LogP contribution in [0.4, 0.5) is 0 Å². The van der Waals surface area contributed by atoms with Gasteiger partial charge in [0.1, 0.15) is 0 Å². The molecule has 0 amide bonds. The first-order valence-corrected chi connectivity index (χ1v) is 6.39. The van der Waals surface area contributed by atoms with Crippen molar-refractivity contribution in [2.45, 2.75) is 26.2 Å². The Morgan fingerprint density at radius 1 is 1.25 bits per heavy atom. The van der Waals surface area contributed by atoms with Crippen molar-refractivity contribution in [2.24, 2.45) is 0 Å². The van der Waals surface area contributed by atoms with Crippen molar-refractivity contribution in [1.29, 1.82) is 0 Å². The second kappa shape index (κ2) is 3.81. The monoisotopic (exact) mass is 280 g/mol. The number of ether oxygens (including phenoxy) is 2. The highest BCUT2D eigenvalue weighted by Crippen LogP contribution is 2.45. The SMILES string of the molecule is CCCC1=C(Br)c2cc3c(cc2C1)OCO3. The van der Waals surface area contributed by atoms with Crippen LogP contribution in [0, 0.1) is 0 Å². The van der Waals surface area contributed by atoms with Gasteiger partial charge in [0.05, 0.1) is 0 Å². The van der Waals surface area contributed by atoms with Crippen LogP contribution in [-0.2, 0) is 6.42 Å². The summed E-state index contributed by atoms with van der Waals surface area (Å²) in [6.45, 7) is 2.56. The summed E-state index contributed by atoms with van der Waals surface area (Å²) in [5.74, 6) is 1.75. The maximum atomic E-state index is 5.40. The van der Waals surface area contributed by atoms with E-state index in [0.717, 1.165) is 24.3 Å². The molecule has 0 fully saturated rings. The highest BCUT2D eigenvalue weighted by atomic mass is 79.9. The summed E-state index contributed by atoms with van der Waals surface area (Å²) in [6, 6.07) is 4.20. The maximum Gasteiger partial charge on any atom is 0.231 e. The molecule has 0 atom stereocenters. The van der Waals surface area contributed by atoms with E-state index in [1.165, 1.54) is 27.6 Å². The minimum atomic E-state index is 0.349. The van der Waals surface area contributed by atoms with Gasteiger partial charge in [0, 0.05) is 4.48 Å². The van der Waals surface area contributed by atoms with E-state index in [0.29, 0.717) is 6.79 Å². The molecule has 0 N–H and O–H groups in total. The van der Waals surface area contributed by atoms with Crippen LogP contribution >= 0.6 is 15.9 Å². The Hall–Kier alpha value is -0.960. The molecule has 0 radical (unpaired) electrons. The summed E-state index contributed by atoms with van der Waals surface area (Å²) in [7, 11) is 0. The predicted octanol–water partition coefficient (Wildman–Crippen LogP) is 3.88. The number of allylic oxidation sites excluding steroid dienone is 1. The predicted molar refractivity (Wildman–Crippen MR) is 67.0 cm³/mol. The molecule has 3 heteroatoms. The van der Waals surface area contributed by atoms with Crippen LogP contribution in [0.15, 0.2) is 17.7 Å². The average Bonchev–Trinajstić information content (AvgIpc) is 2.83. The summed E-state index contributed by atoms with van der Waals surface area (Å²) >= 11 is 3.70. The first kappa shape index (κ1) is 10.2. The van der Waals surface area contributed by atoms with E-state index in [2.05, 4.69) is 35.0 Å². The van der Waals surface area contributed by atoms with Gasteiger partial charge in [-0.1, -0.05) is 34.8 Å². The number of fused-ring (bicyclic) bond motifs is 2. The zero-order valence-corrected chi connectivity index (χ0v) is 10.8. The number of halogens is 1. The molecule has 16 heavy (non-hydrogen) atoms. The Bertz CT molecular complexity index is 477. The third-order valence-corrected chi connectivity index (χ3v) is 4.09.